The van der Waals surface area contributed by atoms with Crippen LogP contribution in [0, 0.1) is 0 Å². The molecule has 0 atom stereocenters. The van der Waals surface area contributed by atoms with Crippen LogP contribution in [0.4, 0.5) is 0 Å². The highest BCUT2D eigenvalue weighted by Crippen LogP contribution is 2.35. The Morgan fingerprint density at radius 3 is 2.90 bits per heavy atom. The first-order chi connectivity index (χ1) is 9.79. The fourth-order valence-corrected chi connectivity index (χ4v) is 3.94. The Kier molecular flexibility index (Phi) is 7.38. The van der Waals surface area contributed by atoms with Crippen molar-refractivity contribution < 1.29 is 9.47 Å². The topological polar surface area (TPSA) is 30.5 Å². The molecule has 0 bridgehead atoms. The zero-order chi connectivity index (χ0) is 14.2. The van der Waals surface area contributed by atoms with Crippen molar-refractivity contribution in [2.24, 2.45) is 0 Å². The quantitative estimate of drug-likeness (QED) is 0.755. The second-order valence-corrected chi connectivity index (χ2v) is 7.06. The van der Waals surface area contributed by atoms with Crippen LogP contribution >= 0.6 is 27.7 Å². The largest absolute Gasteiger partial charge is 0.383 e. The van der Waals surface area contributed by atoms with Gasteiger partial charge in [-0.05, 0) is 46.5 Å². The van der Waals surface area contributed by atoms with Crippen LogP contribution in [-0.2, 0) is 16.0 Å². The number of methoxy groups -OCH3 is 1. The zero-order valence-electron chi connectivity index (χ0n) is 11.9. The Labute approximate surface area is 133 Å². The summed E-state index contributed by atoms with van der Waals surface area (Å²) in [4.78, 5) is 1.33. The van der Waals surface area contributed by atoms with Crippen LogP contribution in [0.25, 0.3) is 0 Å². The van der Waals surface area contributed by atoms with Gasteiger partial charge in [0.15, 0.2) is 0 Å². The molecule has 1 aromatic carbocycles. The summed E-state index contributed by atoms with van der Waals surface area (Å²) in [6.45, 7) is 4.31. The van der Waals surface area contributed by atoms with E-state index in [2.05, 4.69) is 39.4 Å². The molecule has 2 rings (SSSR count). The van der Waals surface area contributed by atoms with Crippen molar-refractivity contribution in [1.29, 1.82) is 0 Å². The Morgan fingerprint density at radius 2 is 2.20 bits per heavy atom. The van der Waals surface area contributed by atoms with Gasteiger partial charge in [-0.25, -0.2) is 0 Å². The highest BCUT2D eigenvalue weighted by Gasteiger charge is 2.16. The van der Waals surface area contributed by atoms with E-state index in [1.165, 1.54) is 14.9 Å². The lowest BCUT2D eigenvalue weighted by Crippen LogP contribution is -2.18. The Hall–Kier alpha value is -0.0700. The minimum absolute atomic E-state index is 0.686. The van der Waals surface area contributed by atoms with Gasteiger partial charge in [0.25, 0.3) is 0 Å². The molecular formula is C15H22BrNO2S. The zero-order valence-corrected chi connectivity index (χ0v) is 14.3. The third-order valence-corrected chi connectivity index (χ3v) is 5.60. The van der Waals surface area contributed by atoms with Crippen LogP contribution in [0.3, 0.4) is 0 Å². The van der Waals surface area contributed by atoms with Gasteiger partial charge in [-0.15, -0.1) is 11.8 Å². The molecule has 1 saturated heterocycles. The minimum Gasteiger partial charge on any atom is -0.383 e. The van der Waals surface area contributed by atoms with Gasteiger partial charge >= 0.3 is 0 Å². The van der Waals surface area contributed by atoms with Crippen molar-refractivity contribution in [1.82, 2.24) is 5.32 Å². The number of halogens is 1. The van der Waals surface area contributed by atoms with E-state index in [1.54, 1.807) is 7.11 Å². The molecule has 1 aromatic rings. The first-order valence-electron chi connectivity index (χ1n) is 7.02. The van der Waals surface area contributed by atoms with Gasteiger partial charge in [-0.3, -0.25) is 0 Å². The van der Waals surface area contributed by atoms with Gasteiger partial charge in [-0.2, -0.15) is 0 Å². The first kappa shape index (κ1) is 16.3. The molecule has 0 aliphatic carbocycles. The van der Waals surface area contributed by atoms with Gasteiger partial charge < -0.3 is 14.8 Å². The molecule has 5 heteroatoms. The Bertz CT molecular complexity index is 411. The molecule has 0 radical (unpaired) electrons. The molecule has 0 unspecified atom stereocenters. The molecule has 0 aromatic heterocycles. The molecule has 0 spiro atoms. The maximum absolute atomic E-state index is 5.41. The number of nitrogens with one attached hydrogen (secondary N) is 1. The summed E-state index contributed by atoms with van der Waals surface area (Å²) in [6, 6.07) is 6.63. The van der Waals surface area contributed by atoms with E-state index >= 15 is 0 Å². The number of rotatable bonds is 7. The van der Waals surface area contributed by atoms with Crippen molar-refractivity contribution in [3.63, 3.8) is 0 Å². The van der Waals surface area contributed by atoms with Crippen LogP contribution in [0.15, 0.2) is 27.6 Å². The number of thioether (sulfide) groups is 1. The lowest BCUT2D eigenvalue weighted by molar-refractivity contribution is 0.100. The van der Waals surface area contributed by atoms with E-state index in [-0.39, 0.29) is 0 Å². The van der Waals surface area contributed by atoms with E-state index in [1.807, 2.05) is 11.8 Å². The fourth-order valence-electron chi connectivity index (χ4n) is 2.13. The lowest BCUT2D eigenvalue weighted by atomic mass is 10.2. The highest BCUT2D eigenvalue weighted by atomic mass is 79.9. The molecule has 1 aliphatic rings. The summed E-state index contributed by atoms with van der Waals surface area (Å²) in [6.07, 6.45) is 2.30. The summed E-state index contributed by atoms with van der Waals surface area (Å²) >= 11 is 5.66. The van der Waals surface area contributed by atoms with Crippen molar-refractivity contribution in [2.75, 3.05) is 33.5 Å². The normalized spacial score (nSPS) is 16.5. The van der Waals surface area contributed by atoms with Crippen LogP contribution in [0.2, 0.25) is 0 Å². The van der Waals surface area contributed by atoms with E-state index in [0.29, 0.717) is 5.25 Å². The van der Waals surface area contributed by atoms with E-state index in [0.717, 1.165) is 45.8 Å². The van der Waals surface area contributed by atoms with Gasteiger partial charge in [-0.1, -0.05) is 6.07 Å². The van der Waals surface area contributed by atoms with Crippen molar-refractivity contribution in [2.45, 2.75) is 29.5 Å². The summed E-state index contributed by atoms with van der Waals surface area (Å²) < 4.78 is 11.6. The highest BCUT2D eigenvalue weighted by molar-refractivity contribution is 9.10. The standard InChI is InChI=1S/C15H22BrNO2S/c1-18-9-6-17-11-12-2-3-15(14(16)10-12)20-13-4-7-19-8-5-13/h2-3,10,13,17H,4-9,11H2,1H3. The van der Waals surface area contributed by atoms with Gasteiger partial charge in [0, 0.05) is 48.0 Å². The molecule has 20 heavy (non-hydrogen) atoms. The molecule has 3 nitrogen and oxygen atoms in total. The summed E-state index contributed by atoms with van der Waals surface area (Å²) in [7, 11) is 1.72. The molecule has 1 aliphatic heterocycles. The van der Waals surface area contributed by atoms with E-state index < -0.39 is 0 Å². The molecule has 1 fully saturated rings. The molecule has 0 amide bonds. The van der Waals surface area contributed by atoms with E-state index in [4.69, 9.17) is 9.47 Å². The summed E-state index contributed by atoms with van der Waals surface area (Å²) in [5, 5.41) is 4.05. The van der Waals surface area contributed by atoms with Gasteiger partial charge in [0.1, 0.15) is 0 Å². The predicted octanol–water partition coefficient (Wildman–Crippen LogP) is 3.46. The van der Waals surface area contributed by atoms with E-state index in [9.17, 15) is 0 Å². The molecule has 1 N–H and O–H groups in total. The number of hydrogen-bond acceptors (Lipinski definition) is 4. The summed E-state index contributed by atoms with van der Waals surface area (Å²) in [5.74, 6) is 0. The number of ether oxygens (including phenoxy) is 2. The predicted molar refractivity (Wildman–Crippen MR) is 87.4 cm³/mol. The second kappa shape index (κ2) is 9.05. The van der Waals surface area contributed by atoms with Gasteiger partial charge in [0.05, 0.1) is 6.61 Å². The second-order valence-electron chi connectivity index (χ2n) is 4.86. The van der Waals surface area contributed by atoms with Crippen LogP contribution in [0.5, 0.6) is 0 Å². The fraction of sp³-hybridized carbons (Fsp3) is 0.600. The lowest BCUT2D eigenvalue weighted by Gasteiger charge is -2.22. The molecular weight excluding hydrogens is 338 g/mol. The molecule has 1 heterocycles. The Balaban J connectivity index is 1.85. The smallest absolute Gasteiger partial charge is 0.0587 e. The number of benzene rings is 1. The molecule has 112 valence electrons. The first-order valence-corrected chi connectivity index (χ1v) is 8.69. The van der Waals surface area contributed by atoms with Crippen LogP contribution in [0.1, 0.15) is 18.4 Å². The van der Waals surface area contributed by atoms with Crippen molar-refractivity contribution >= 4 is 27.7 Å². The maximum Gasteiger partial charge on any atom is 0.0587 e. The van der Waals surface area contributed by atoms with Crippen molar-refractivity contribution in [3.05, 3.63) is 28.2 Å². The average molecular weight is 360 g/mol. The minimum atomic E-state index is 0.686. The monoisotopic (exact) mass is 359 g/mol. The number of hydrogen-bond donors (Lipinski definition) is 1. The van der Waals surface area contributed by atoms with Crippen molar-refractivity contribution in [3.8, 4) is 0 Å². The Morgan fingerprint density at radius 1 is 1.40 bits per heavy atom. The maximum atomic E-state index is 5.41. The van der Waals surface area contributed by atoms with Crippen LogP contribution in [-0.4, -0.2) is 38.7 Å². The summed E-state index contributed by atoms with van der Waals surface area (Å²) in [5.41, 5.74) is 1.30. The molecule has 0 saturated carbocycles. The third kappa shape index (κ3) is 5.37. The SMILES string of the molecule is COCCNCc1ccc(SC2CCOCC2)c(Br)c1. The van der Waals surface area contributed by atoms with Gasteiger partial charge in [0.2, 0.25) is 0 Å². The average Bonchev–Trinajstić information content (AvgIpc) is 2.47. The van der Waals surface area contributed by atoms with Crippen LogP contribution < -0.4 is 5.32 Å². The third-order valence-electron chi connectivity index (χ3n) is 3.27.